The highest BCUT2D eigenvalue weighted by molar-refractivity contribution is 5.76. The van der Waals surface area contributed by atoms with Gasteiger partial charge in [0.15, 0.2) is 6.29 Å². The van der Waals surface area contributed by atoms with Crippen molar-refractivity contribution in [1.29, 1.82) is 0 Å². The number of aliphatic hydroxyl groups excluding tert-OH is 5. The zero-order valence-corrected chi connectivity index (χ0v) is 47.2. The molecule has 7 unspecified atom stereocenters. The van der Waals surface area contributed by atoms with Crippen molar-refractivity contribution < 1.29 is 39.8 Å². The molecule has 1 saturated heterocycles. The molecule has 1 amide bonds. The van der Waals surface area contributed by atoms with Crippen molar-refractivity contribution >= 4 is 5.91 Å². The number of nitrogens with one attached hydrogen (secondary N) is 1. The van der Waals surface area contributed by atoms with Gasteiger partial charge in [-0.2, -0.15) is 0 Å². The largest absolute Gasteiger partial charge is 0.394 e. The van der Waals surface area contributed by atoms with Crippen LogP contribution in [0.1, 0.15) is 303 Å². The van der Waals surface area contributed by atoms with E-state index in [2.05, 4.69) is 43.5 Å². The zero-order valence-electron chi connectivity index (χ0n) is 47.2. The lowest BCUT2D eigenvalue weighted by Crippen LogP contribution is -2.60. The first kappa shape index (κ1) is 68.4. The van der Waals surface area contributed by atoms with Crippen LogP contribution in [0.2, 0.25) is 0 Å². The summed E-state index contributed by atoms with van der Waals surface area (Å²) in [5, 5.41) is 54.6. The van der Waals surface area contributed by atoms with E-state index < -0.39 is 49.5 Å². The molecule has 0 radical (unpaired) electrons. The molecule has 72 heavy (non-hydrogen) atoms. The van der Waals surface area contributed by atoms with E-state index in [0.717, 1.165) is 44.9 Å². The summed E-state index contributed by atoms with van der Waals surface area (Å²) in [4.78, 5) is 13.1. The van der Waals surface area contributed by atoms with E-state index in [4.69, 9.17) is 9.47 Å². The first-order chi connectivity index (χ1) is 35.3. The predicted molar refractivity (Wildman–Crippen MR) is 304 cm³/mol. The highest BCUT2D eigenvalue weighted by Gasteiger charge is 2.44. The Bertz CT molecular complexity index is 1230. The summed E-state index contributed by atoms with van der Waals surface area (Å²) in [6, 6.07) is -0.827. The van der Waals surface area contributed by atoms with E-state index in [9.17, 15) is 30.3 Å². The van der Waals surface area contributed by atoms with Crippen molar-refractivity contribution in [2.75, 3.05) is 13.2 Å². The van der Waals surface area contributed by atoms with Crippen LogP contribution in [0.5, 0.6) is 0 Å². The number of ether oxygens (including phenoxy) is 2. The van der Waals surface area contributed by atoms with Crippen LogP contribution in [-0.2, 0) is 14.3 Å². The van der Waals surface area contributed by atoms with Gasteiger partial charge in [0.05, 0.1) is 25.4 Å². The fraction of sp³-hybridized carbons (Fsp3) is 0.889. The molecule has 1 aliphatic heterocycles. The summed E-state index contributed by atoms with van der Waals surface area (Å²) in [7, 11) is 0. The SMILES string of the molecule is CCCCCCCCCCCCCCCCCCCC/C=C/CC/C=C/CC/C=C/C(O)C(COC1OC(CO)C(O)C(O)C1O)NC(=O)CCCCCCCCCCCCCCCCCCCCCCC. The Kier molecular flexibility index (Phi) is 50.2. The summed E-state index contributed by atoms with van der Waals surface area (Å²) in [5.74, 6) is -0.185. The predicted octanol–water partition coefficient (Wildman–Crippen LogP) is 15.9. The lowest BCUT2D eigenvalue weighted by atomic mass is 9.99. The second-order valence-electron chi connectivity index (χ2n) is 21.8. The van der Waals surface area contributed by atoms with Gasteiger partial charge in [-0.1, -0.05) is 288 Å². The maximum Gasteiger partial charge on any atom is 0.220 e. The minimum Gasteiger partial charge on any atom is -0.394 e. The van der Waals surface area contributed by atoms with E-state index in [-0.39, 0.29) is 12.5 Å². The van der Waals surface area contributed by atoms with Crippen LogP contribution in [0.25, 0.3) is 0 Å². The summed E-state index contributed by atoms with van der Waals surface area (Å²) in [6.45, 7) is 3.80. The molecule has 6 N–H and O–H groups in total. The van der Waals surface area contributed by atoms with Gasteiger partial charge in [0.25, 0.3) is 0 Å². The summed E-state index contributed by atoms with van der Waals surface area (Å²) in [5.41, 5.74) is 0. The van der Waals surface area contributed by atoms with Crippen molar-refractivity contribution in [1.82, 2.24) is 5.32 Å². The van der Waals surface area contributed by atoms with Gasteiger partial charge in [-0.15, -0.1) is 0 Å². The number of hydrogen-bond donors (Lipinski definition) is 6. The van der Waals surface area contributed by atoms with Gasteiger partial charge in [0.1, 0.15) is 24.4 Å². The molecule has 1 rings (SSSR count). The molecule has 0 aromatic carbocycles. The van der Waals surface area contributed by atoms with Crippen LogP contribution in [-0.4, -0.2) is 87.5 Å². The molecule has 7 atom stereocenters. The smallest absolute Gasteiger partial charge is 0.220 e. The third kappa shape index (κ3) is 41.6. The molecule has 424 valence electrons. The minimum absolute atomic E-state index is 0.185. The van der Waals surface area contributed by atoms with Crippen molar-refractivity contribution in [2.24, 2.45) is 0 Å². The van der Waals surface area contributed by atoms with Gasteiger partial charge in [0, 0.05) is 6.42 Å². The Morgan fingerprint density at radius 3 is 1.17 bits per heavy atom. The molecule has 0 bridgehead atoms. The molecule has 0 spiro atoms. The van der Waals surface area contributed by atoms with E-state index in [1.54, 1.807) is 6.08 Å². The first-order valence-corrected chi connectivity index (χ1v) is 31.2. The van der Waals surface area contributed by atoms with Crippen LogP contribution in [0.4, 0.5) is 0 Å². The minimum atomic E-state index is -1.57. The highest BCUT2D eigenvalue weighted by atomic mass is 16.7. The number of hydrogen-bond acceptors (Lipinski definition) is 8. The summed E-state index contributed by atoms with van der Waals surface area (Å²) in [6.07, 6.45) is 62.3. The molecular formula is C63H119NO8. The molecule has 0 aliphatic carbocycles. The number of rotatable bonds is 54. The molecule has 0 aromatic heterocycles. The molecule has 9 nitrogen and oxygen atoms in total. The normalized spacial score (nSPS) is 19.3. The quantitative estimate of drug-likeness (QED) is 0.0261. The second kappa shape index (κ2) is 52.8. The summed E-state index contributed by atoms with van der Waals surface area (Å²) < 4.78 is 11.3. The van der Waals surface area contributed by atoms with E-state index in [1.165, 1.54) is 238 Å². The molecule has 0 saturated carbocycles. The Morgan fingerprint density at radius 2 is 0.792 bits per heavy atom. The van der Waals surface area contributed by atoms with Gasteiger partial charge in [-0.05, 0) is 44.9 Å². The Labute approximate surface area is 444 Å². The second-order valence-corrected chi connectivity index (χ2v) is 21.8. The maximum absolute atomic E-state index is 13.1. The third-order valence-electron chi connectivity index (χ3n) is 14.9. The van der Waals surface area contributed by atoms with Gasteiger partial charge in [0.2, 0.25) is 5.91 Å². The van der Waals surface area contributed by atoms with Crippen LogP contribution < -0.4 is 5.32 Å². The number of carbonyl (C=O) groups excluding carboxylic acids is 1. The third-order valence-corrected chi connectivity index (χ3v) is 14.9. The Hall–Kier alpha value is -1.59. The monoisotopic (exact) mass is 1020 g/mol. The average Bonchev–Trinajstić information content (AvgIpc) is 3.38. The first-order valence-electron chi connectivity index (χ1n) is 31.2. The van der Waals surface area contributed by atoms with Gasteiger partial charge in [-0.25, -0.2) is 0 Å². The molecular weight excluding hydrogens is 899 g/mol. The molecule has 1 aliphatic rings. The van der Waals surface area contributed by atoms with E-state index >= 15 is 0 Å². The standard InChI is InChI=1S/C63H119NO8/c1-3-5-7-9-11-13-15-17-19-21-23-25-26-27-28-29-30-31-33-34-36-38-40-42-44-46-48-50-52-57(66)56(55-71-63-62(70)61(69)60(68)58(54-65)72-63)64-59(67)53-51-49-47-45-43-41-39-37-35-32-24-22-20-18-16-14-12-10-8-6-4-2/h34,36,42,44,50,52,56-58,60-63,65-66,68-70H,3-33,35,37-41,43,45-49,51,53-55H2,1-2H3,(H,64,67)/b36-34+,44-42+,52-50+. The lowest BCUT2D eigenvalue weighted by Gasteiger charge is -2.40. The molecule has 1 fully saturated rings. The number of aliphatic hydroxyl groups is 5. The maximum atomic E-state index is 13.1. The number of carbonyl (C=O) groups is 1. The van der Waals surface area contributed by atoms with Gasteiger partial charge in [-0.3, -0.25) is 4.79 Å². The van der Waals surface area contributed by atoms with Gasteiger partial charge < -0.3 is 40.3 Å². The zero-order chi connectivity index (χ0) is 52.2. The van der Waals surface area contributed by atoms with Crippen molar-refractivity contribution in [2.45, 2.75) is 346 Å². The fourth-order valence-corrected chi connectivity index (χ4v) is 10.0. The van der Waals surface area contributed by atoms with E-state index in [0.29, 0.717) is 6.42 Å². The number of unbranched alkanes of at least 4 members (excludes halogenated alkanes) is 40. The van der Waals surface area contributed by atoms with Crippen LogP contribution in [0.3, 0.4) is 0 Å². The van der Waals surface area contributed by atoms with Crippen LogP contribution in [0.15, 0.2) is 36.5 Å². The van der Waals surface area contributed by atoms with E-state index in [1.807, 2.05) is 6.08 Å². The highest BCUT2D eigenvalue weighted by Crippen LogP contribution is 2.23. The average molecular weight is 1020 g/mol. The fourth-order valence-electron chi connectivity index (χ4n) is 10.0. The number of amides is 1. The van der Waals surface area contributed by atoms with Crippen molar-refractivity contribution in [3.05, 3.63) is 36.5 Å². The van der Waals surface area contributed by atoms with Crippen molar-refractivity contribution in [3.8, 4) is 0 Å². The Balaban J connectivity index is 2.22. The number of allylic oxidation sites excluding steroid dienone is 5. The van der Waals surface area contributed by atoms with Crippen LogP contribution in [0, 0.1) is 0 Å². The topological polar surface area (TPSA) is 149 Å². The summed E-state index contributed by atoms with van der Waals surface area (Å²) >= 11 is 0. The molecule has 0 aromatic rings. The van der Waals surface area contributed by atoms with Crippen LogP contribution >= 0.6 is 0 Å². The van der Waals surface area contributed by atoms with Gasteiger partial charge >= 0.3 is 0 Å². The molecule has 9 heteroatoms. The molecule has 1 heterocycles. The Morgan fingerprint density at radius 1 is 0.458 bits per heavy atom. The van der Waals surface area contributed by atoms with Crippen molar-refractivity contribution in [3.63, 3.8) is 0 Å². The lowest BCUT2D eigenvalue weighted by molar-refractivity contribution is -0.302.